The van der Waals surface area contributed by atoms with Gasteiger partial charge in [-0.3, -0.25) is 14.4 Å². The molecular weight excluding hydrogens is 454 g/mol. The zero-order chi connectivity index (χ0) is 24.3. The Bertz CT molecular complexity index is 1310. The molecule has 4 rings (SSSR count). The molecule has 1 fully saturated rings. The molecule has 0 radical (unpaired) electrons. The van der Waals surface area contributed by atoms with Gasteiger partial charge in [0.05, 0.1) is 17.0 Å². The van der Waals surface area contributed by atoms with E-state index in [2.05, 4.69) is 5.32 Å². The second-order valence-electron chi connectivity index (χ2n) is 7.86. The summed E-state index contributed by atoms with van der Waals surface area (Å²) in [5.74, 6) is -1.33. The third kappa shape index (κ3) is 4.75. The van der Waals surface area contributed by atoms with Crippen LogP contribution in [0.25, 0.3) is 0 Å². The summed E-state index contributed by atoms with van der Waals surface area (Å²) in [7, 11) is -4.17. The van der Waals surface area contributed by atoms with Gasteiger partial charge in [-0.1, -0.05) is 48.5 Å². The van der Waals surface area contributed by atoms with Crippen molar-refractivity contribution < 1.29 is 22.8 Å². The lowest BCUT2D eigenvalue weighted by Gasteiger charge is -2.27. The molecule has 0 aromatic heterocycles. The van der Waals surface area contributed by atoms with Crippen molar-refractivity contribution in [1.29, 1.82) is 0 Å². The first kappa shape index (κ1) is 23.3. The highest BCUT2D eigenvalue weighted by Gasteiger charge is 2.46. The molecule has 1 N–H and O–H groups in total. The Hall–Kier alpha value is -3.82. The van der Waals surface area contributed by atoms with Gasteiger partial charge in [0.1, 0.15) is 6.04 Å². The van der Waals surface area contributed by atoms with Crippen molar-refractivity contribution >= 4 is 39.1 Å². The number of rotatable bonds is 7. The Morgan fingerprint density at radius 3 is 2.12 bits per heavy atom. The van der Waals surface area contributed by atoms with E-state index in [1.54, 1.807) is 54.6 Å². The van der Waals surface area contributed by atoms with Crippen LogP contribution in [0.4, 0.5) is 11.4 Å². The number of anilines is 2. The quantitative estimate of drug-likeness (QED) is 0.527. The van der Waals surface area contributed by atoms with E-state index in [4.69, 9.17) is 0 Å². The number of nitrogens with zero attached hydrogens (tertiary/aromatic N) is 2. The summed E-state index contributed by atoms with van der Waals surface area (Å²) >= 11 is 0. The lowest BCUT2D eigenvalue weighted by atomic mass is 10.2. The van der Waals surface area contributed by atoms with Crippen molar-refractivity contribution in [1.82, 2.24) is 4.31 Å². The van der Waals surface area contributed by atoms with Crippen molar-refractivity contribution in [3.63, 3.8) is 0 Å². The van der Waals surface area contributed by atoms with E-state index in [1.165, 1.54) is 31.2 Å². The van der Waals surface area contributed by atoms with Crippen molar-refractivity contribution in [2.75, 3.05) is 10.2 Å². The van der Waals surface area contributed by atoms with Crippen LogP contribution in [0.15, 0.2) is 89.8 Å². The molecule has 1 aliphatic rings. The smallest absolute Gasteiger partial charge is 0.252 e. The molecule has 0 aliphatic carbocycles. The number of carbonyl (C=O) groups is 3. The Morgan fingerprint density at radius 2 is 1.53 bits per heavy atom. The van der Waals surface area contributed by atoms with Crippen LogP contribution in [-0.4, -0.2) is 36.5 Å². The van der Waals surface area contributed by atoms with E-state index >= 15 is 0 Å². The first-order valence-electron chi connectivity index (χ1n) is 10.6. The number of nitrogens with one attached hydrogen (secondary N) is 1. The van der Waals surface area contributed by atoms with Crippen molar-refractivity contribution in [2.24, 2.45) is 0 Å². The van der Waals surface area contributed by atoms with Gasteiger partial charge < -0.3 is 5.32 Å². The highest BCUT2D eigenvalue weighted by Crippen LogP contribution is 2.31. The second kappa shape index (κ2) is 9.58. The van der Waals surface area contributed by atoms with Crippen LogP contribution in [0.1, 0.15) is 18.9 Å². The minimum Gasteiger partial charge on any atom is -0.326 e. The molecular formula is C25H23N3O5S. The number of imide groups is 1. The normalized spacial score (nSPS) is 16.2. The fourth-order valence-corrected chi connectivity index (χ4v) is 5.43. The van der Waals surface area contributed by atoms with Gasteiger partial charge in [-0.2, -0.15) is 4.31 Å². The maximum Gasteiger partial charge on any atom is 0.252 e. The molecule has 1 saturated heterocycles. The summed E-state index contributed by atoms with van der Waals surface area (Å²) < 4.78 is 28.5. The number of benzene rings is 3. The number of amides is 3. The van der Waals surface area contributed by atoms with Crippen LogP contribution in [0.5, 0.6) is 0 Å². The maximum atomic E-state index is 13.7. The minimum absolute atomic E-state index is 0.0454. The van der Waals surface area contributed by atoms with Crippen molar-refractivity contribution in [3.05, 3.63) is 90.5 Å². The van der Waals surface area contributed by atoms with E-state index in [9.17, 15) is 22.8 Å². The van der Waals surface area contributed by atoms with Gasteiger partial charge in [-0.25, -0.2) is 13.3 Å². The summed E-state index contributed by atoms with van der Waals surface area (Å²) in [6, 6.07) is 21.8. The molecule has 3 aromatic rings. The molecule has 0 spiro atoms. The van der Waals surface area contributed by atoms with Crippen LogP contribution >= 0.6 is 0 Å². The molecule has 174 valence electrons. The molecule has 34 heavy (non-hydrogen) atoms. The largest absolute Gasteiger partial charge is 0.326 e. The number of para-hydroxylation sites is 1. The van der Waals surface area contributed by atoms with Crippen LogP contribution < -0.4 is 10.2 Å². The monoisotopic (exact) mass is 477 g/mol. The molecule has 1 unspecified atom stereocenters. The van der Waals surface area contributed by atoms with Crippen LogP contribution in [0.2, 0.25) is 0 Å². The zero-order valence-corrected chi connectivity index (χ0v) is 19.2. The molecule has 0 saturated carbocycles. The molecule has 1 aliphatic heterocycles. The number of carbonyl (C=O) groups excluding carboxylic acids is 3. The average molecular weight is 478 g/mol. The molecule has 3 amide bonds. The third-order valence-corrected chi connectivity index (χ3v) is 7.32. The third-order valence-electron chi connectivity index (χ3n) is 5.45. The second-order valence-corrected chi connectivity index (χ2v) is 9.75. The molecule has 1 heterocycles. The van der Waals surface area contributed by atoms with E-state index < -0.39 is 27.9 Å². The zero-order valence-electron chi connectivity index (χ0n) is 18.4. The molecule has 3 aromatic carbocycles. The number of hydrogen-bond donors (Lipinski definition) is 1. The standard InChI is InChI=1S/C25H23N3O5S/c1-18(29)26-20-12-14-22(15-13-20)34(32,33)27(17-19-8-4-2-5-9-19)23-16-24(30)28(25(23)31)21-10-6-3-7-11-21/h2-15,23H,16-17H2,1H3,(H,26,29). The van der Waals surface area contributed by atoms with Gasteiger partial charge in [0.2, 0.25) is 21.8 Å². The van der Waals surface area contributed by atoms with Gasteiger partial charge in [0, 0.05) is 19.2 Å². The summed E-state index contributed by atoms with van der Waals surface area (Å²) in [4.78, 5) is 38.4. The van der Waals surface area contributed by atoms with E-state index in [-0.39, 0.29) is 23.8 Å². The number of hydrogen-bond acceptors (Lipinski definition) is 5. The Kier molecular flexibility index (Phi) is 6.58. The fraction of sp³-hybridized carbons (Fsp3) is 0.160. The van der Waals surface area contributed by atoms with E-state index in [0.29, 0.717) is 16.9 Å². The Labute approximate surface area is 197 Å². The van der Waals surface area contributed by atoms with Gasteiger partial charge in [-0.05, 0) is 42.0 Å². The van der Waals surface area contributed by atoms with Gasteiger partial charge in [-0.15, -0.1) is 0 Å². The van der Waals surface area contributed by atoms with Crippen LogP contribution in [-0.2, 0) is 31.0 Å². The predicted octanol–water partition coefficient (Wildman–Crippen LogP) is 3.17. The first-order chi connectivity index (χ1) is 16.3. The van der Waals surface area contributed by atoms with Crippen molar-refractivity contribution in [3.8, 4) is 0 Å². The lowest BCUT2D eigenvalue weighted by Crippen LogP contribution is -2.45. The van der Waals surface area contributed by atoms with Crippen LogP contribution in [0.3, 0.4) is 0 Å². The first-order valence-corrected chi connectivity index (χ1v) is 12.1. The number of sulfonamides is 1. The van der Waals surface area contributed by atoms with Gasteiger partial charge in [0.15, 0.2) is 0 Å². The van der Waals surface area contributed by atoms with Crippen molar-refractivity contribution in [2.45, 2.75) is 30.8 Å². The Balaban J connectivity index is 1.72. The van der Waals surface area contributed by atoms with E-state index in [0.717, 1.165) is 9.21 Å². The molecule has 8 nitrogen and oxygen atoms in total. The molecule has 9 heteroatoms. The van der Waals surface area contributed by atoms with Gasteiger partial charge in [0.25, 0.3) is 5.91 Å². The highest BCUT2D eigenvalue weighted by molar-refractivity contribution is 7.89. The van der Waals surface area contributed by atoms with Crippen LogP contribution in [0, 0.1) is 0 Å². The predicted molar refractivity (Wildman–Crippen MR) is 127 cm³/mol. The fourth-order valence-electron chi connectivity index (χ4n) is 3.86. The van der Waals surface area contributed by atoms with E-state index in [1.807, 2.05) is 6.07 Å². The Morgan fingerprint density at radius 1 is 0.941 bits per heavy atom. The summed E-state index contributed by atoms with van der Waals surface area (Å²) in [6.07, 6.45) is -0.260. The SMILES string of the molecule is CC(=O)Nc1ccc(S(=O)(=O)N(Cc2ccccc2)C2CC(=O)N(c3ccccc3)C2=O)cc1. The van der Waals surface area contributed by atoms with Gasteiger partial charge >= 0.3 is 0 Å². The lowest BCUT2D eigenvalue weighted by molar-refractivity contribution is -0.122. The minimum atomic E-state index is -4.17. The molecule has 0 bridgehead atoms. The average Bonchev–Trinajstić information content (AvgIpc) is 3.12. The summed E-state index contributed by atoms with van der Waals surface area (Å²) in [5, 5.41) is 2.59. The topological polar surface area (TPSA) is 104 Å². The molecule has 1 atom stereocenters. The summed E-state index contributed by atoms with van der Waals surface area (Å²) in [5.41, 5.74) is 1.53. The summed E-state index contributed by atoms with van der Waals surface area (Å²) in [6.45, 7) is 1.27. The maximum absolute atomic E-state index is 13.7. The highest BCUT2D eigenvalue weighted by atomic mass is 32.2.